The van der Waals surface area contributed by atoms with Gasteiger partial charge in [-0.25, -0.2) is 22.8 Å². The zero-order valence-corrected chi connectivity index (χ0v) is 34.0. The summed E-state index contributed by atoms with van der Waals surface area (Å²) in [6, 6.07) is 0. The molecule has 31 nitrogen and oxygen atoms in total. The largest absolute Gasteiger partial charge is 1.00 e. The molecule has 270 valence electrons. The summed E-state index contributed by atoms with van der Waals surface area (Å²) in [5.41, 5.74) is 0. The van der Waals surface area contributed by atoms with Gasteiger partial charge in [-0.3, -0.25) is 0 Å². The molecule has 0 aliphatic rings. The van der Waals surface area contributed by atoms with Crippen molar-refractivity contribution < 1.29 is 240 Å². The number of carboxylic acids is 1. The van der Waals surface area contributed by atoms with E-state index in [9.17, 15) is 9.90 Å². The summed E-state index contributed by atoms with van der Waals surface area (Å²) in [7, 11) is -28.3. The Morgan fingerprint density at radius 3 is 0.696 bits per heavy atom. The second kappa shape index (κ2) is 35.0. The molecule has 0 aliphatic heterocycles. The predicted octanol–water partition coefficient (Wildman–Crippen LogP) is -20.7. The van der Waals surface area contributed by atoms with Crippen LogP contribution in [0.3, 0.4) is 0 Å². The summed E-state index contributed by atoms with van der Waals surface area (Å²) in [6.45, 7) is -0.863. The number of carbonyl (C=O) groups is 1. The van der Waals surface area contributed by atoms with Crippen LogP contribution in [0.5, 0.6) is 0 Å². The zero-order valence-electron chi connectivity index (χ0n) is 22.7. The molecule has 40 heteroatoms. The van der Waals surface area contributed by atoms with Crippen molar-refractivity contribution in [3.8, 4) is 0 Å². The van der Waals surface area contributed by atoms with Crippen LogP contribution in [0.2, 0.25) is 0 Å². The van der Waals surface area contributed by atoms with E-state index in [2.05, 4.69) is 0 Å². The molecule has 0 aromatic heterocycles. The van der Waals surface area contributed by atoms with Crippen molar-refractivity contribution in [2.75, 3.05) is 6.61 Å². The van der Waals surface area contributed by atoms with Crippen LogP contribution < -0.4 is 104 Å². The third-order valence-electron chi connectivity index (χ3n) is 1.50. The minimum absolute atomic E-state index is 0. The van der Waals surface area contributed by atoms with E-state index in [1.165, 1.54) is 0 Å². The Morgan fingerprint density at radius 1 is 0.478 bits per heavy atom. The van der Waals surface area contributed by atoms with Crippen LogP contribution in [0.25, 0.3) is 0 Å². The molecule has 0 aromatic rings. The summed E-state index contributed by atoms with van der Waals surface area (Å²) in [6.07, 6.45) is -8.08. The summed E-state index contributed by atoms with van der Waals surface area (Å²) in [5, 5.41) is 53.4. The Balaban J connectivity index is -0.0000000427. The van der Waals surface area contributed by atoms with E-state index in [0.29, 0.717) is 0 Å². The van der Waals surface area contributed by atoms with Crippen LogP contribution in [0.15, 0.2) is 0 Å². The predicted molar refractivity (Wildman–Crippen MR) is 117 cm³/mol. The average Bonchev–Trinajstić information content (AvgIpc) is 2.57. The fraction of sp³-hybridized carbons (Fsp3) is 0.833. The van der Waals surface area contributed by atoms with Gasteiger partial charge in [0, 0.05) is 0 Å². The number of carboxylic acid groups (broad SMARTS) is 1. The van der Waals surface area contributed by atoms with Crippen molar-refractivity contribution in [2.45, 2.75) is 24.4 Å². The van der Waals surface area contributed by atoms with Gasteiger partial charge in [0.15, 0.2) is 0 Å². The van der Waals surface area contributed by atoms with E-state index >= 15 is 0 Å². The molecule has 0 saturated heterocycles. The van der Waals surface area contributed by atoms with Crippen LogP contribution in [0.4, 0.5) is 0 Å². The van der Waals surface area contributed by atoms with E-state index in [1.54, 1.807) is 0 Å². The van der Waals surface area contributed by atoms with Crippen LogP contribution in [0, 0.1) is 0 Å². The Morgan fingerprint density at radius 2 is 0.609 bits per heavy atom. The molecule has 0 aromatic carbocycles. The van der Waals surface area contributed by atoms with Gasteiger partial charge in [0.1, 0.15) is 24.4 Å². The topological polar surface area (TPSA) is 614 Å². The van der Waals surface area contributed by atoms with E-state index in [0.717, 1.165) is 0 Å². The van der Waals surface area contributed by atoms with Crippen LogP contribution in [-0.4, -0.2) is 141 Å². The summed E-state index contributed by atoms with van der Waals surface area (Å²) in [4.78, 5) is 142. The minimum Gasteiger partial charge on any atom is -0.790 e. The number of phosphoric acid groups is 6. The molecule has 0 bridgehead atoms. The fourth-order valence-electron chi connectivity index (χ4n) is 0.662. The molecule has 0 heterocycles. The van der Waals surface area contributed by atoms with Crippen LogP contribution >= 0.6 is 46.9 Å². The summed E-state index contributed by atoms with van der Waals surface area (Å²) >= 11 is 0. The molecule has 0 aliphatic carbocycles. The quantitative estimate of drug-likeness (QED) is 0.0902. The van der Waals surface area contributed by atoms with E-state index in [1.807, 2.05) is 0 Å². The van der Waals surface area contributed by atoms with Crippen LogP contribution in [-0.2, 0) is 32.2 Å². The first-order valence-electron chi connectivity index (χ1n) is 8.11. The molecule has 4 atom stereocenters. The molecule has 0 amide bonds. The molecule has 4 unspecified atom stereocenters. The Hall–Kier alpha value is 2.93. The van der Waals surface area contributed by atoms with E-state index < -0.39 is 83.9 Å². The van der Waals surface area contributed by atoms with Gasteiger partial charge in [0.2, 0.25) is 0 Å². The monoisotopic (exact) mass is 850 g/mol. The normalized spacial score (nSPS) is 13.5. The van der Waals surface area contributed by atoms with Gasteiger partial charge in [-0.2, -0.15) is 0 Å². The molecule has 0 radical (unpaired) electrons. The number of hydrogen-bond acceptors (Lipinski definition) is 15. The molecular weight excluding hydrogens is 823 g/mol. The summed E-state index contributed by atoms with van der Waals surface area (Å²) < 4.78 is 53.1. The van der Waals surface area contributed by atoms with Gasteiger partial charge in [-0.15, -0.1) is 0 Å². The minimum atomic E-state index is -5.14. The number of aliphatic hydroxyl groups excluding tert-OH is 5. The third-order valence-corrected chi connectivity index (χ3v) is 1.50. The first kappa shape index (κ1) is 74.2. The maximum absolute atomic E-state index is 9.98. The van der Waals surface area contributed by atoms with Crippen molar-refractivity contribution >= 4 is 52.9 Å². The second-order valence-electron chi connectivity index (χ2n) is 5.53. The van der Waals surface area contributed by atoms with Gasteiger partial charge in [-0.05, 0) is 0 Å². The van der Waals surface area contributed by atoms with Gasteiger partial charge in [0.25, 0.3) is 0 Å². The molecule has 0 rings (SSSR count). The van der Waals surface area contributed by atoms with Crippen molar-refractivity contribution in [3.05, 3.63) is 0 Å². The van der Waals surface area contributed by atoms with Gasteiger partial charge in [0.05, 0.1) is 20.4 Å². The van der Waals surface area contributed by atoms with Crippen molar-refractivity contribution in [1.29, 1.82) is 0 Å². The van der Waals surface area contributed by atoms with Gasteiger partial charge in [-0.1, -0.05) is 0 Å². The molecule has 0 fully saturated rings. The Kier molecular flexibility index (Phi) is 56.4. The van der Waals surface area contributed by atoms with E-state index in [-0.39, 0.29) is 88.7 Å². The number of rotatable bonds is 5. The molecule has 46 heavy (non-hydrogen) atoms. The number of carbonyl (C=O) groups excluding carboxylic acids is 1. The van der Waals surface area contributed by atoms with E-state index in [4.69, 9.17) is 141 Å². The van der Waals surface area contributed by atoms with Gasteiger partial charge < -0.3 is 128 Å². The van der Waals surface area contributed by atoms with Crippen molar-refractivity contribution in [2.24, 2.45) is 0 Å². The van der Waals surface area contributed by atoms with Crippen molar-refractivity contribution in [1.82, 2.24) is 0 Å². The Labute approximate surface area is 320 Å². The number of aliphatic hydroxyl groups is 5. The maximum Gasteiger partial charge on any atom is 1.00 e. The average molecular weight is 850 g/mol. The van der Waals surface area contributed by atoms with Crippen LogP contribution in [0.1, 0.15) is 0 Å². The standard InChI is InChI=1S/C6H12O7.3Na.6H3O4P/c7-1-2(8)3(9)4(10)5(11)6(12)13;;;;6*1-5(2,3)4/h2-5,7-11H,1H2,(H,12,13);;;;6*(H3,1,2,3,4)/q;3*+1;;;;;;/p-3. The Bertz CT molecular complexity index is 780. The maximum atomic E-state index is 9.98. The SMILES string of the molecule is O=C([O-])C(O)C(O)C(O)C(O)CO.O=P(O)(O)O.O=P(O)(O)O.O=P(O)(O)O.O=P(O)(O)O.O=P(O)(O)O.O=P([O-])([O-])O.[Na+].[Na+].[Na+]. The molecule has 21 N–H and O–H groups in total. The zero-order chi connectivity index (χ0) is 37.6. The second-order valence-corrected chi connectivity index (χ2v) is 11.6. The first-order valence-corrected chi connectivity index (χ1v) is 17.4. The number of hydrogen-bond donors (Lipinski definition) is 21. The number of aliphatic carboxylic acids is 1. The van der Waals surface area contributed by atoms with Gasteiger partial charge >= 0.3 is 128 Å². The molecule has 0 saturated carbocycles. The third kappa shape index (κ3) is 226. The summed E-state index contributed by atoms with van der Waals surface area (Å²) in [5.74, 6) is -1.98. The molecule has 0 spiro atoms. The fourth-order valence-corrected chi connectivity index (χ4v) is 0.662. The van der Waals surface area contributed by atoms with Crippen molar-refractivity contribution in [3.63, 3.8) is 0 Å². The first-order chi connectivity index (χ1) is 17.9. The smallest absolute Gasteiger partial charge is 0.790 e. The molecular formula is C6H27Na3O31P6.